The number of benzene rings is 3. The second-order valence-corrected chi connectivity index (χ2v) is 9.36. The first-order valence-corrected chi connectivity index (χ1v) is 12.2. The van der Waals surface area contributed by atoms with Gasteiger partial charge in [-0.2, -0.15) is 0 Å². The van der Waals surface area contributed by atoms with E-state index in [4.69, 9.17) is 5.73 Å². The van der Waals surface area contributed by atoms with E-state index in [1.54, 1.807) is 0 Å². The zero-order chi connectivity index (χ0) is 26.5. The lowest BCUT2D eigenvalue weighted by molar-refractivity contribution is -0.153. The van der Waals surface area contributed by atoms with Crippen LogP contribution < -0.4 is 11.1 Å². The van der Waals surface area contributed by atoms with Crippen LogP contribution in [0.5, 0.6) is 0 Å². The lowest BCUT2D eigenvalue weighted by Crippen LogP contribution is -2.57. The summed E-state index contributed by atoms with van der Waals surface area (Å²) >= 11 is 0. The monoisotopic (exact) mass is 505 g/mol. The van der Waals surface area contributed by atoms with Gasteiger partial charge in [-0.15, -0.1) is 0 Å². The Hall–Kier alpha value is -3.91. The van der Waals surface area contributed by atoms with Gasteiger partial charge in [-0.05, 0) is 48.6 Å². The molecule has 1 aliphatic heterocycles. The molecule has 3 N–H and O–H groups in total. The Bertz CT molecular complexity index is 1250. The van der Waals surface area contributed by atoms with Crippen LogP contribution in [0.25, 0.3) is 0 Å². The van der Waals surface area contributed by atoms with Crippen molar-refractivity contribution < 1.29 is 23.2 Å². The van der Waals surface area contributed by atoms with Gasteiger partial charge in [0, 0.05) is 12.0 Å². The fourth-order valence-corrected chi connectivity index (χ4v) is 4.91. The van der Waals surface area contributed by atoms with Crippen molar-refractivity contribution in [3.63, 3.8) is 0 Å². The van der Waals surface area contributed by atoms with E-state index in [0.717, 1.165) is 28.2 Å². The fourth-order valence-electron chi connectivity index (χ4n) is 4.91. The molecule has 3 aromatic rings. The second-order valence-electron chi connectivity index (χ2n) is 9.36. The van der Waals surface area contributed by atoms with Gasteiger partial charge in [0.15, 0.2) is 0 Å². The van der Waals surface area contributed by atoms with Crippen molar-refractivity contribution in [1.29, 1.82) is 0 Å². The van der Waals surface area contributed by atoms with Crippen LogP contribution in [0, 0.1) is 11.6 Å². The summed E-state index contributed by atoms with van der Waals surface area (Å²) in [6.45, 7) is 1.43. The minimum absolute atomic E-state index is 0.0532. The Morgan fingerprint density at radius 1 is 0.946 bits per heavy atom. The van der Waals surface area contributed by atoms with E-state index >= 15 is 0 Å². The maximum atomic E-state index is 13.8. The van der Waals surface area contributed by atoms with Crippen molar-refractivity contribution in [1.82, 2.24) is 10.2 Å². The molecule has 1 heterocycles. The predicted octanol–water partition coefficient (Wildman–Crippen LogP) is 4.01. The summed E-state index contributed by atoms with van der Waals surface area (Å²) in [6.07, 6.45) is 0.605. The van der Waals surface area contributed by atoms with E-state index in [0.29, 0.717) is 18.9 Å². The Kier molecular flexibility index (Phi) is 8.08. The molecule has 4 rings (SSSR count). The molecule has 0 saturated carbocycles. The Morgan fingerprint density at radius 3 is 2.08 bits per heavy atom. The summed E-state index contributed by atoms with van der Waals surface area (Å²) in [6, 6.07) is 18.9. The summed E-state index contributed by atoms with van der Waals surface area (Å²) in [5, 5.41) is 3.01. The number of carbonyl (C=O) groups excluding carboxylic acids is 3. The van der Waals surface area contributed by atoms with Gasteiger partial charge in [-0.25, -0.2) is 8.78 Å². The van der Waals surface area contributed by atoms with Crippen LogP contribution in [0.2, 0.25) is 0 Å². The van der Waals surface area contributed by atoms with Crippen LogP contribution in [-0.4, -0.2) is 34.7 Å². The molecule has 0 bridgehead atoms. The molecule has 1 aliphatic rings. The number of hydrogen-bond acceptors (Lipinski definition) is 4. The third kappa shape index (κ3) is 6.09. The molecule has 37 heavy (non-hydrogen) atoms. The van der Waals surface area contributed by atoms with Crippen molar-refractivity contribution in [3.8, 4) is 0 Å². The molecule has 0 unspecified atom stereocenters. The average molecular weight is 506 g/mol. The summed E-state index contributed by atoms with van der Waals surface area (Å²) in [4.78, 5) is 41.6. The lowest BCUT2D eigenvalue weighted by Gasteiger charge is -2.34. The molecule has 8 heteroatoms. The van der Waals surface area contributed by atoms with E-state index in [-0.39, 0.29) is 11.6 Å². The highest BCUT2D eigenvalue weighted by atomic mass is 19.1. The molecule has 192 valence electrons. The molecule has 1 fully saturated rings. The Labute approximate surface area is 214 Å². The number of imide groups is 1. The topological polar surface area (TPSA) is 92.5 Å². The van der Waals surface area contributed by atoms with Crippen LogP contribution in [0.15, 0.2) is 78.9 Å². The molecule has 6 nitrogen and oxygen atoms in total. The molecular formula is C29H29F2N3O3. The highest BCUT2D eigenvalue weighted by Gasteiger charge is 2.44. The van der Waals surface area contributed by atoms with Gasteiger partial charge >= 0.3 is 0 Å². The first-order valence-electron chi connectivity index (χ1n) is 12.2. The van der Waals surface area contributed by atoms with E-state index in [2.05, 4.69) is 5.32 Å². The van der Waals surface area contributed by atoms with Gasteiger partial charge in [0.2, 0.25) is 17.7 Å². The molecule has 0 aliphatic carbocycles. The number of rotatable bonds is 6. The Morgan fingerprint density at radius 2 is 1.51 bits per heavy atom. The van der Waals surface area contributed by atoms with Gasteiger partial charge < -0.3 is 11.1 Å². The highest BCUT2D eigenvalue weighted by Crippen LogP contribution is 2.36. The number of nitrogens with one attached hydrogen (secondary N) is 1. The van der Waals surface area contributed by atoms with Crippen LogP contribution in [0.3, 0.4) is 0 Å². The minimum atomic E-state index is -1.19. The summed E-state index contributed by atoms with van der Waals surface area (Å²) in [7, 11) is 0. The molecule has 0 aromatic heterocycles. The minimum Gasteiger partial charge on any atom is -0.347 e. The van der Waals surface area contributed by atoms with Gasteiger partial charge in [0.1, 0.15) is 17.7 Å². The van der Waals surface area contributed by atoms with E-state index < -0.39 is 53.8 Å². The van der Waals surface area contributed by atoms with Crippen molar-refractivity contribution >= 4 is 17.7 Å². The SMILES string of the molecule is C[C@H](N)C(=O)N(C(=O)Cc1cc(F)cc(F)c1)[C@@H]1C(=O)N[C@H](c2ccccc2)CC[C@@H]1c1ccccc1. The number of carbonyl (C=O) groups is 3. The van der Waals surface area contributed by atoms with Crippen molar-refractivity contribution in [3.05, 3.63) is 107 Å². The number of nitrogens with two attached hydrogens (primary N) is 1. The second kappa shape index (κ2) is 11.4. The van der Waals surface area contributed by atoms with Gasteiger partial charge in [0.25, 0.3) is 0 Å². The quantitative estimate of drug-likeness (QED) is 0.530. The largest absolute Gasteiger partial charge is 0.347 e. The number of amides is 3. The van der Waals surface area contributed by atoms with E-state index in [1.807, 2.05) is 60.7 Å². The lowest BCUT2D eigenvalue weighted by atomic mass is 9.85. The zero-order valence-corrected chi connectivity index (χ0v) is 20.4. The maximum Gasteiger partial charge on any atom is 0.246 e. The normalized spacial score (nSPS) is 20.4. The number of halogens is 2. The molecule has 1 saturated heterocycles. The predicted molar refractivity (Wildman–Crippen MR) is 135 cm³/mol. The zero-order valence-electron chi connectivity index (χ0n) is 20.4. The van der Waals surface area contributed by atoms with Gasteiger partial charge in [-0.1, -0.05) is 60.7 Å². The summed E-state index contributed by atoms with van der Waals surface area (Å²) < 4.78 is 27.6. The van der Waals surface area contributed by atoms with Crippen LogP contribution in [0.1, 0.15) is 48.4 Å². The van der Waals surface area contributed by atoms with E-state index in [1.165, 1.54) is 6.92 Å². The standard InChI is InChI=1S/C29H29F2N3O3/c1-18(32)29(37)34(26(35)16-19-14-22(30)17-23(31)15-19)27-24(20-8-4-2-5-9-20)12-13-25(33-28(27)36)21-10-6-3-7-11-21/h2-11,14-15,17-18,24-25,27H,12-13,16,32H2,1H3,(H,33,36)/t18-,24+,25-,27-/m0/s1. The van der Waals surface area contributed by atoms with Crippen molar-refractivity contribution in [2.24, 2.45) is 5.73 Å². The van der Waals surface area contributed by atoms with Crippen molar-refractivity contribution in [2.45, 2.75) is 50.2 Å². The van der Waals surface area contributed by atoms with Crippen LogP contribution in [0.4, 0.5) is 8.78 Å². The number of hydrogen-bond donors (Lipinski definition) is 2. The smallest absolute Gasteiger partial charge is 0.246 e. The molecule has 0 spiro atoms. The first-order chi connectivity index (χ1) is 17.7. The Balaban J connectivity index is 1.76. The third-order valence-corrected chi connectivity index (χ3v) is 6.61. The summed E-state index contributed by atoms with van der Waals surface area (Å²) in [5.74, 6) is -4.17. The highest BCUT2D eigenvalue weighted by molar-refractivity contribution is 6.03. The summed E-state index contributed by atoms with van der Waals surface area (Å²) in [5.41, 5.74) is 7.67. The molecule has 3 aromatic carbocycles. The fraction of sp³-hybridized carbons (Fsp3) is 0.276. The molecule has 4 atom stereocenters. The van der Waals surface area contributed by atoms with Crippen LogP contribution in [-0.2, 0) is 20.8 Å². The van der Waals surface area contributed by atoms with Gasteiger partial charge in [0.05, 0.1) is 18.5 Å². The molecule has 0 radical (unpaired) electrons. The van der Waals surface area contributed by atoms with Crippen molar-refractivity contribution in [2.75, 3.05) is 0 Å². The first kappa shape index (κ1) is 26.2. The van der Waals surface area contributed by atoms with E-state index in [9.17, 15) is 23.2 Å². The number of nitrogens with zero attached hydrogens (tertiary/aromatic N) is 1. The maximum absolute atomic E-state index is 13.8. The molecular weight excluding hydrogens is 476 g/mol. The third-order valence-electron chi connectivity index (χ3n) is 6.61. The van der Waals surface area contributed by atoms with Crippen LogP contribution >= 0.6 is 0 Å². The van der Waals surface area contributed by atoms with Gasteiger partial charge in [-0.3, -0.25) is 19.3 Å². The average Bonchev–Trinajstić information content (AvgIpc) is 3.03. The molecule has 3 amide bonds.